The second-order valence-electron chi connectivity index (χ2n) is 6.06. The monoisotopic (exact) mass is 291 g/mol. The zero-order valence-corrected chi connectivity index (χ0v) is 12.8. The van der Waals surface area contributed by atoms with E-state index in [4.69, 9.17) is 5.73 Å². The first-order valence-corrected chi connectivity index (χ1v) is 7.50. The number of nitrogen functional groups attached to an aromatic ring is 1. The molecule has 1 fully saturated rings. The molecule has 21 heavy (non-hydrogen) atoms. The Morgan fingerprint density at radius 1 is 1.33 bits per heavy atom. The Hall–Kier alpha value is -1.75. The van der Waals surface area contributed by atoms with Gasteiger partial charge in [0.15, 0.2) is 0 Å². The van der Waals surface area contributed by atoms with Gasteiger partial charge in [-0.15, -0.1) is 0 Å². The van der Waals surface area contributed by atoms with Crippen LogP contribution < -0.4 is 16.0 Å². The topological polar surface area (TPSA) is 78.6 Å². The molecule has 116 valence electrons. The molecule has 0 saturated heterocycles. The van der Waals surface area contributed by atoms with Gasteiger partial charge in [0.25, 0.3) is 5.91 Å². The first-order valence-electron chi connectivity index (χ1n) is 7.50. The van der Waals surface area contributed by atoms with Crippen molar-refractivity contribution in [2.75, 3.05) is 31.3 Å². The second kappa shape index (κ2) is 6.80. The largest absolute Gasteiger partial charge is 0.399 e. The second-order valence-corrected chi connectivity index (χ2v) is 6.06. The summed E-state index contributed by atoms with van der Waals surface area (Å²) in [7, 11) is 3.82. The van der Waals surface area contributed by atoms with Crippen LogP contribution in [0.15, 0.2) is 18.2 Å². The summed E-state index contributed by atoms with van der Waals surface area (Å²) >= 11 is 0. The quantitative estimate of drug-likeness (QED) is 0.737. The highest BCUT2D eigenvalue weighted by Gasteiger charge is 2.20. The van der Waals surface area contributed by atoms with Gasteiger partial charge in [-0.25, -0.2) is 0 Å². The number of rotatable bonds is 4. The highest BCUT2D eigenvalue weighted by Crippen LogP contribution is 2.24. The Labute approximate surface area is 126 Å². The summed E-state index contributed by atoms with van der Waals surface area (Å²) in [6.45, 7) is 0.660. The lowest BCUT2D eigenvalue weighted by Crippen LogP contribution is -2.33. The fraction of sp³-hybridized carbons (Fsp3) is 0.562. The van der Waals surface area contributed by atoms with Crippen LogP contribution in [0.1, 0.15) is 36.0 Å². The first kappa shape index (κ1) is 15.6. The van der Waals surface area contributed by atoms with E-state index < -0.39 is 0 Å². The third-order valence-electron chi connectivity index (χ3n) is 4.11. The minimum atomic E-state index is -0.161. The third-order valence-corrected chi connectivity index (χ3v) is 4.11. The molecule has 2 rings (SSSR count). The summed E-state index contributed by atoms with van der Waals surface area (Å²) in [6, 6.07) is 5.38. The number of benzene rings is 1. The number of aliphatic hydroxyl groups is 1. The van der Waals surface area contributed by atoms with Crippen LogP contribution in [0.4, 0.5) is 11.4 Å². The molecule has 1 aliphatic rings. The summed E-state index contributed by atoms with van der Waals surface area (Å²) < 4.78 is 0. The molecular weight excluding hydrogens is 266 g/mol. The average molecular weight is 291 g/mol. The maximum Gasteiger partial charge on any atom is 0.253 e. The molecule has 0 unspecified atom stereocenters. The third kappa shape index (κ3) is 4.11. The van der Waals surface area contributed by atoms with Crippen molar-refractivity contribution in [3.05, 3.63) is 23.8 Å². The predicted octanol–water partition coefficient (Wildman–Crippen LogP) is 1.62. The maximum absolute atomic E-state index is 12.4. The van der Waals surface area contributed by atoms with Crippen LogP contribution in [-0.4, -0.2) is 37.8 Å². The molecule has 1 aliphatic carbocycles. The lowest BCUT2D eigenvalue weighted by atomic mass is 9.87. The van der Waals surface area contributed by atoms with Crippen molar-refractivity contribution in [1.82, 2.24) is 5.32 Å². The van der Waals surface area contributed by atoms with Crippen LogP contribution >= 0.6 is 0 Å². The molecule has 0 aliphatic heterocycles. The van der Waals surface area contributed by atoms with E-state index in [1.54, 1.807) is 12.1 Å². The SMILES string of the molecule is CN(C)c1ccc(N)cc1C(=O)NCC1CCC(O)CC1. The average Bonchev–Trinajstić information content (AvgIpc) is 2.46. The number of nitrogens with two attached hydrogens (primary N) is 1. The molecular formula is C16H25N3O2. The Bertz CT molecular complexity index is 494. The lowest BCUT2D eigenvalue weighted by molar-refractivity contribution is 0.0911. The number of nitrogens with one attached hydrogen (secondary N) is 1. The molecule has 1 aromatic rings. The van der Waals surface area contributed by atoms with Crippen LogP contribution in [0.5, 0.6) is 0 Å². The number of amides is 1. The van der Waals surface area contributed by atoms with E-state index >= 15 is 0 Å². The number of aliphatic hydroxyl groups excluding tert-OH is 1. The summed E-state index contributed by atoms with van der Waals surface area (Å²) in [4.78, 5) is 14.3. The van der Waals surface area contributed by atoms with Gasteiger partial charge in [0.05, 0.1) is 11.7 Å². The fourth-order valence-corrected chi connectivity index (χ4v) is 2.81. The van der Waals surface area contributed by atoms with Crippen LogP contribution in [0, 0.1) is 5.92 Å². The Kier molecular flexibility index (Phi) is 5.07. The standard InChI is InChI=1S/C16H25N3O2/c1-19(2)15-8-5-12(17)9-14(15)16(21)18-10-11-3-6-13(20)7-4-11/h5,8-9,11,13,20H,3-4,6-7,10,17H2,1-2H3,(H,18,21). The van der Waals surface area contributed by atoms with Gasteiger partial charge >= 0.3 is 0 Å². The summed E-state index contributed by atoms with van der Waals surface area (Å²) in [5.41, 5.74) is 7.85. The van der Waals surface area contributed by atoms with Crippen molar-refractivity contribution in [3.63, 3.8) is 0 Å². The lowest BCUT2D eigenvalue weighted by Gasteiger charge is -2.25. The molecule has 5 nitrogen and oxygen atoms in total. The van der Waals surface area contributed by atoms with Gasteiger partial charge in [0, 0.05) is 32.0 Å². The number of carbonyl (C=O) groups excluding carboxylic acids is 1. The fourth-order valence-electron chi connectivity index (χ4n) is 2.81. The number of anilines is 2. The predicted molar refractivity (Wildman–Crippen MR) is 85.5 cm³/mol. The van der Waals surface area contributed by atoms with Crippen molar-refractivity contribution in [1.29, 1.82) is 0 Å². The molecule has 4 N–H and O–H groups in total. The van der Waals surface area contributed by atoms with Gasteiger partial charge in [-0.05, 0) is 49.8 Å². The first-order chi connectivity index (χ1) is 9.97. The maximum atomic E-state index is 12.4. The Balaban J connectivity index is 1.98. The van der Waals surface area contributed by atoms with Crippen molar-refractivity contribution >= 4 is 17.3 Å². The van der Waals surface area contributed by atoms with Crippen molar-refractivity contribution in [2.24, 2.45) is 5.92 Å². The van der Waals surface area contributed by atoms with Crippen molar-refractivity contribution < 1.29 is 9.90 Å². The highest BCUT2D eigenvalue weighted by atomic mass is 16.3. The molecule has 1 amide bonds. The van der Waals surface area contributed by atoms with Gasteiger partial charge in [0.2, 0.25) is 0 Å². The van der Waals surface area contributed by atoms with E-state index in [0.29, 0.717) is 23.7 Å². The molecule has 5 heteroatoms. The van der Waals surface area contributed by atoms with Crippen LogP contribution in [0.25, 0.3) is 0 Å². The van der Waals surface area contributed by atoms with Crippen LogP contribution in [-0.2, 0) is 0 Å². The molecule has 1 saturated carbocycles. The van der Waals surface area contributed by atoms with Gasteiger partial charge in [0.1, 0.15) is 0 Å². The van der Waals surface area contributed by atoms with E-state index in [0.717, 1.165) is 31.4 Å². The summed E-state index contributed by atoms with van der Waals surface area (Å²) in [5, 5.41) is 12.5. The van der Waals surface area contributed by atoms with E-state index in [1.165, 1.54) is 0 Å². The Morgan fingerprint density at radius 3 is 2.62 bits per heavy atom. The molecule has 0 atom stereocenters. The molecule has 0 spiro atoms. The van der Waals surface area contributed by atoms with E-state index in [2.05, 4.69) is 5.32 Å². The molecule has 1 aromatic carbocycles. The highest BCUT2D eigenvalue weighted by molar-refractivity contribution is 6.00. The summed E-state index contributed by atoms with van der Waals surface area (Å²) in [6.07, 6.45) is 3.45. The zero-order chi connectivity index (χ0) is 15.4. The zero-order valence-electron chi connectivity index (χ0n) is 12.8. The van der Waals surface area contributed by atoms with Crippen LogP contribution in [0.2, 0.25) is 0 Å². The van der Waals surface area contributed by atoms with Crippen LogP contribution in [0.3, 0.4) is 0 Å². The Morgan fingerprint density at radius 2 is 2.00 bits per heavy atom. The number of hydrogen-bond acceptors (Lipinski definition) is 4. The van der Waals surface area contributed by atoms with Gasteiger partial charge in [-0.1, -0.05) is 0 Å². The van der Waals surface area contributed by atoms with E-state index in [-0.39, 0.29) is 12.0 Å². The normalized spacial score (nSPS) is 21.9. The van der Waals surface area contributed by atoms with E-state index in [1.807, 2.05) is 25.1 Å². The number of nitrogens with zero attached hydrogens (tertiary/aromatic N) is 1. The molecule has 0 heterocycles. The summed E-state index contributed by atoms with van der Waals surface area (Å²) in [5.74, 6) is 0.373. The number of hydrogen-bond donors (Lipinski definition) is 3. The van der Waals surface area contributed by atoms with Gasteiger partial charge < -0.3 is 21.1 Å². The van der Waals surface area contributed by atoms with E-state index in [9.17, 15) is 9.90 Å². The van der Waals surface area contributed by atoms with Gasteiger partial charge in [-0.3, -0.25) is 4.79 Å². The van der Waals surface area contributed by atoms with Crippen molar-refractivity contribution in [3.8, 4) is 0 Å². The molecule has 0 radical (unpaired) electrons. The molecule has 0 bridgehead atoms. The smallest absolute Gasteiger partial charge is 0.253 e. The minimum Gasteiger partial charge on any atom is -0.399 e. The number of carbonyl (C=O) groups is 1. The van der Waals surface area contributed by atoms with Gasteiger partial charge in [-0.2, -0.15) is 0 Å². The molecule has 0 aromatic heterocycles. The van der Waals surface area contributed by atoms with Crippen molar-refractivity contribution in [2.45, 2.75) is 31.8 Å². The minimum absolute atomic E-state index is 0.0860.